The highest BCUT2D eigenvalue weighted by molar-refractivity contribution is 5.41. The van der Waals surface area contributed by atoms with Gasteiger partial charge in [-0.25, -0.2) is 4.39 Å². The molecule has 0 amide bonds. The van der Waals surface area contributed by atoms with Gasteiger partial charge in [-0.2, -0.15) is 0 Å². The maximum absolute atomic E-state index is 13.5. The molecule has 0 spiro atoms. The lowest BCUT2D eigenvalue weighted by Crippen LogP contribution is -2.21. The Labute approximate surface area is 124 Å². The van der Waals surface area contributed by atoms with Crippen LogP contribution < -0.4 is 10.1 Å². The third kappa shape index (κ3) is 3.95. The molecule has 112 valence electrons. The Morgan fingerprint density at radius 3 is 2.71 bits per heavy atom. The third-order valence-electron chi connectivity index (χ3n) is 3.50. The second-order valence-corrected chi connectivity index (χ2v) is 4.94. The second kappa shape index (κ2) is 7.09. The van der Waals surface area contributed by atoms with E-state index in [1.165, 1.54) is 6.07 Å². The van der Waals surface area contributed by atoms with Crippen LogP contribution in [-0.2, 0) is 6.42 Å². The minimum Gasteiger partial charge on any atom is -0.508 e. The molecule has 0 saturated heterocycles. The van der Waals surface area contributed by atoms with Crippen molar-refractivity contribution in [1.29, 1.82) is 0 Å². The van der Waals surface area contributed by atoms with E-state index in [1.54, 1.807) is 37.4 Å². The molecule has 0 aliphatic carbocycles. The lowest BCUT2D eigenvalue weighted by molar-refractivity contribution is 0.407. The topological polar surface area (TPSA) is 41.5 Å². The summed E-state index contributed by atoms with van der Waals surface area (Å²) in [4.78, 5) is 0. The van der Waals surface area contributed by atoms with Crippen LogP contribution in [0, 0.1) is 5.82 Å². The molecule has 0 heterocycles. The number of rotatable bonds is 6. The highest BCUT2D eigenvalue weighted by atomic mass is 19.1. The van der Waals surface area contributed by atoms with E-state index in [1.807, 2.05) is 13.0 Å². The summed E-state index contributed by atoms with van der Waals surface area (Å²) >= 11 is 0. The normalized spacial score (nSPS) is 12.1. The summed E-state index contributed by atoms with van der Waals surface area (Å²) in [6.07, 6.45) is 0.599. The van der Waals surface area contributed by atoms with Crippen LogP contribution >= 0.6 is 0 Å². The van der Waals surface area contributed by atoms with Gasteiger partial charge in [-0.15, -0.1) is 0 Å². The fourth-order valence-electron chi connectivity index (χ4n) is 2.24. The molecular weight excluding hydrogens is 269 g/mol. The van der Waals surface area contributed by atoms with E-state index in [0.717, 1.165) is 5.56 Å². The Morgan fingerprint density at radius 2 is 2.00 bits per heavy atom. The lowest BCUT2D eigenvalue weighted by atomic mass is 10.1. The zero-order valence-electron chi connectivity index (χ0n) is 12.3. The maximum Gasteiger partial charge on any atom is 0.126 e. The minimum absolute atomic E-state index is 0.0492. The van der Waals surface area contributed by atoms with Crippen molar-refractivity contribution in [1.82, 2.24) is 5.32 Å². The number of aromatic hydroxyl groups is 1. The number of ether oxygens (including phenoxy) is 1. The molecule has 21 heavy (non-hydrogen) atoms. The van der Waals surface area contributed by atoms with Gasteiger partial charge in [0.05, 0.1) is 7.11 Å². The molecule has 0 aliphatic rings. The van der Waals surface area contributed by atoms with Crippen LogP contribution in [0.25, 0.3) is 0 Å². The molecule has 3 nitrogen and oxygen atoms in total. The van der Waals surface area contributed by atoms with E-state index >= 15 is 0 Å². The molecule has 2 aromatic rings. The molecule has 0 saturated carbocycles. The number of benzene rings is 2. The highest BCUT2D eigenvalue weighted by Crippen LogP contribution is 2.28. The molecule has 0 aromatic heterocycles. The molecule has 1 unspecified atom stereocenters. The van der Waals surface area contributed by atoms with Gasteiger partial charge < -0.3 is 15.2 Å². The number of hydrogen-bond acceptors (Lipinski definition) is 3. The standard InChI is InChI=1S/C17H20FNO2/c1-12(15-11-14(21-2)7-8-17(15)20)19-10-9-13-5-3-4-6-16(13)18/h3-8,11-12,19-20H,9-10H2,1-2H3. The van der Waals surface area contributed by atoms with E-state index in [2.05, 4.69) is 5.32 Å². The third-order valence-corrected chi connectivity index (χ3v) is 3.50. The lowest BCUT2D eigenvalue weighted by Gasteiger charge is -2.16. The van der Waals surface area contributed by atoms with Crippen LogP contribution in [0.2, 0.25) is 0 Å². The van der Waals surface area contributed by atoms with Crippen molar-refractivity contribution in [2.24, 2.45) is 0 Å². The molecule has 4 heteroatoms. The first kappa shape index (κ1) is 15.3. The first-order valence-corrected chi connectivity index (χ1v) is 6.95. The quantitative estimate of drug-likeness (QED) is 0.856. The average molecular weight is 289 g/mol. The first-order valence-electron chi connectivity index (χ1n) is 6.95. The molecule has 0 bridgehead atoms. The van der Waals surface area contributed by atoms with Crippen molar-refractivity contribution in [3.8, 4) is 11.5 Å². The number of halogens is 1. The first-order chi connectivity index (χ1) is 10.1. The van der Waals surface area contributed by atoms with Gasteiger partial charge >= 0.3 is 0 Å². The van der Waals surface area contributed by atoms with Crippen LogP contribution in [0.4, 0.5) is 4.39 Å². The molecule has 2 N–H and O–H groups in total. The molecule has 0 radical (unpaired) electrons. The molecule has 2 rings (SSSR count). The maximum atomic E-state index is 13.5. The zero-order valence-corrected chi connectivity index (χ0v) is 12.3. The highest BCUT2D eigenvalue weighted by Gasteiger charge is 2.11. The molecule has 2 aromatic carbocycles. The minimum atomic E-state index is -0.184. The number of phenols is 1. The number of nitrogens with one attached hydrogen (secondary N) is 1. The van der Waals surface area contributed by atoms with Gasteiger partial charge in [-0.05, 0) is 49.7 Å². The Hall–Kier alpha value is -2.07. The number of phenolic OH excluding ortho intramolecular Hbond substituents is 1. The van der Waals surface area contributed by atoms with E-state index in [4.69, 9.17) is 4.74 Å². The van der Waals surface area contributed by atoms with Gasteiger partial charge in [0.15, 0.2) is 0 Å². The van der Waals surface area contributed by atoms with Crippen molar-refractivity contribution in [2.75, 3.05) is 13.7 Å². The van der Waals surface area contributed by atoms with E-state index < -0.39 is 0 Å². The van der Waals surface area contributed by atoms with Gasteiger partial charge in [-0.1, -0.05) is 18.2 Å². The summed E-state index contributed by atoms with van der Waals surface area (Å²) in [7, 11) is 1.59. The van der Waals surface area contributed by atoms with Crippen LogP contribution in [0.1, 0.15) is 24.1 Å². The Kier molecular flexibility index (Phi) is 5.17. The molecule has 1 atom stereocenters. The van der Waals surface area contributed by atoms with Gasteiger partial charge in [0.25, 0.3) is 0 Å². The van der Waals surface area contributed by atoms with Gasteiger partial charge in [0, 0.05) is 11.6 Å². The number of methoxy groups -OCH3 is 1. The average Bonchev–Trinajstić information content (AvgIpc) is 2.49. The van der Waals surface area contributed by atoms with E-state index in [0.29, 0.717) is 24.3 Å². The second-order valence-electron chi connectivity index (χ2n) is 4.94. The predicted octanol–water partition coefficient (Wildman–Crippen LogP) is 3.43. The van der Waals surface area contributed by atoms with Gasteiger partial charge in [-0.3, -0.25) is 0 Å². The predicted molar refractivity (Wildman–Crippen MR) is 81.2 cm³/mol. The van der Waals surface area contributed by atoms with Gasteiger partial charge in [0.2, 0.25) is 0 Å². The zero-order chi connectivity index (χ0) is 15.2. The summed E-state index contributed by atoms with van der Waals surface area (Å²) in [5, 5.41) is 13.2. The number of hydrogen-bond donors (Lipinski definition) is 2. The van der Waals surface area contributed by atoms with Crippen molar-refractivity contribution in [3.05, 3.63) is 59.4 Å². The Bertz CT molecular complexity index is 601. The van der Waals surface area contributed by atoms with E-state index in [-0.39, 0.29) is 17.6 Å². The smallest absolute Gasteiger partial charge is 0.126 e. The van der Waals surface area contributed by atoms with E-state index in [9.17, 15) is 9.50 Å². The Balaban J connectivity index is 1.96. The van der Waals surface area contributed by atoms with Crippen molar-refractivity contribution in [2.45, 2.75) is 19.4 Å². The van der Waals surface area contributed by atoms with Crippen molar-refractivity contribution >= 4 is 0 Å². The van der Waals surface area contributed by atoms with Crippen molar-refractivity contribution < 1.29 is 14.2 Å². The fraction of sp³-hybridized carbons (Fsp3) is 0.294. The Morgan fingerprint density at radius 1 is 1.24 bits per heavy atom. The van der Waals surface area contributed by atoms with Crippen LogP contribution in [0.3, 0.4) is 0 Å². The fourth-order valence-corrected chi connectivity index (χ4v) is 2.24. The molecule has 0 fully saturated rings. The van der Waals surface area contributed by atoms with Crippen molar-refractivity contribution in [3.63, 3.8) is 0 Å². The summed E-state index contributed by atoms with van der Waals surface area (Å²) in [5.74, 6) is 0.739. The molecule has 0 aliphatic heterocycles. The monoisotopic (exact) mass is 289 g/mol. The summed E-state index contributed by atoms with van der Waals surface area (Å²) in [6.45, 7) is 2.58. The largest absolute Gasteiger partial charge is 0.508 e. The van der Waals surface area contributed by atoms with Crippen LogP contribution in [-0.4, -0.2) is 18.8 Å². The molecular formula is C17H20FNO2. The summed E-state index contributed by atoms with van der Waals surface area (Å²) < 4.78 is 18.7. The van der Waals surface area contributed by atoms with Crippen LogP contribution in [0.5, 0.6) is 11.5 Å². The SMILES string of the molecule is COc1ccc(O)c(C(C)NCCc2ccccc2F)c1. The summed E-state index contributed by atoms with van der Waals surface area (Å²) in [5.41, 5.74) is 1.45. The van der Waals surface area contributed by atoms with Crippen LogP contribution in [0.15, 0.2) is 42.5 Å². The summed E-state index contributed by atoms with van der Waals surface area (Å²) in [6, 6.07) is 11.8. The van der Waals surface area contributed by atoms with Gasteiger partial charge in [0.1, 0.15) is 17.3 Å².